The van der Waals surface area contributed by atoms with E-state index in [0.29, 0.717) is 11.1 Å². The van der Waals surface area contributed by atoms with Crippen LogP contribution in [0.1, 0.15) is 11.1 Å². The molecule has 1 unspecified atom stereocenters. The Hall–Kier alpha value is -2.05. The molecule has 0 aliphatic heterocycles. The first-order valence-electron chi connectivity index (χ1n) is 5.13. The Morgan fingerprint density at radius 2 is 2.00 bits per heavy atom. The molecule has 1 N–H and O–H groups in total. The van der Waals surface area contributed by atoms with Crippen molar-refractivity contribution in [3.63, 3.8) is 0 Å². The summed E-state index contributed by atoms with van der Waals surface area (Å²) in [5, 5.41) is 19.6. The van der Waals surface area contributed by atoms with Crippen molar-refractivity contribution in [2.75, 3.05) is 6.54 Å². The lowest BCUT2D eigenvalue weighted by Crippen LogP contribution is -2.32. The van der Waals surface area contributed by atoms with Crippen LogP contribution in [-0.2, 0) is 6.54 Å². The summed E-state index contributed by atoms with van der Waals surface area (Å²) < 4.78 is 36.8. The second-order valence-corrected chi connectivity index (χ2v) is 3.67. The zero-order chi connectivity index (χ0) is 13.6. The molecule has 94 valence electrons. The predicted molar refractivity (Wildman–Crippen MR) is 58.0 cm³/mol. The van der Waals surface area contributed by atoms with Crippen LogP contribution in [-0.4, -0.2) is 12.7 Å². The van der Waals surface area contributed by atoms with Gasteiger partial charge >= 0.3 is 6.18 Å². The van der Waals surface area contributed by atoms with Gasteiger partial charge in [0.15, 0.2) is 5.92 Å². The number of nitrogens with one attached hydrogen (secondary N) is 1. The third-order valence-corrected chi connectivity index (χ3v) is 2.28. The Balaban J connectivity index is 2.52. The molecule has 1 aromatic carbocycles. The van der Waals surface area contributed by atoms with E-state index in [-0.39, 0.29) is 6.54 Å². The third-order valence-electron chi connectivity index (χ3n) is 2.28. The maximum absolute atomic E-state index is 12.3. The molecule has 3 nitrogen and oxygen atoms in total. The highest BCUT2D eigenvalue weighted by Gasteiger charge is 2.39. The van der Waals surface area contributed by atoms with Crippen molar-refractivity contribution in [3.8, 4) is 12.1 Å². The summed E-state index contributed by atoms with van der Waals surface area (Å²) in [7, 11) is 0. The molecule has 6 heteroatoms. The van der Waals surface area contributed by atoms with Crippen LogP contribution < -0.4 is 5.32 Å². The lowest BCUT2D eigenvalue weighted by molar-refractivity contribution is -0.157. The fourth-order valence-corrected chi connectivity index (χ4v) is 1.35. The van der Waals surface area contributed by atoms with Gasteiger partial charge in [-0.05, 0) is 17.7 Å². The van der Waals surface area contributed by atoms with Crippen LogP contribution in [0, 0.1) is 28.6 Å². The van der Waals surface area contributed by atoms with Crippen LogP contribution in [0.2, 0.25) is 0 Å². The topological polar surface area (TPSA) is 59.6 Å². The minimum atomic E-state index is -4.52. The molecule has 0 amide bonds. The molecule has 18 heavy (non-hydrogen) atoms. The first-order valence-corrected chi connectivity index (χ1v) is 5.13. The third kappa shape index (κ3) is 4.08. The Kier molecular flexibility index (Phi) is 4.70. The van der Waals surface area contributed by atoms with Crippen molar-refractivity contribution < 1.29 is 13.2 Å². The minimum Gasteiger partial charge on any atom is -0.311 e. The van der Waals surface area contributed by atoms with Gasteiger partial charge < -0.3 is 5.32 Å². The quantitative estimate of drug-likeness (QED) is 0.896. The maximum atomic E-state index is 12.3. The highest BCUT2D eigenvalue weighted by molar-refractivity contribution is 5.32. The molecule has 0 radical (unpaired) electrons. The first-order chi connectivity index (χ1) is 8.47. The predicted octanol–water partition coefficient (Wildman–Crippen LogP) is 2.35. The highest BCUT2D eigenvalue weighted by Crippen LogP contribution is 2.24. The van der Waals surface area contributed by atoms with E-state index in [2.05, 4.69) is 5.32 Å². The molecule has 0 saturated heterocycles. The van der Waals surface area contributed by atoms with Gasteiger partial charge in [-0.2, -0.15) is 23.7 Å². The van der Waals surface area contributed by atoms with Gasteiger partial charge in [0.25, 0.3) is 0 Å². The molecule has 0 fully saturated rings. The van der Waals surface area contributed by atoms with Crippen molar-refractivity contribution in [1.82, 2.24) is 5.32 Å². The zero-order valence-electron chi connectivity index (χ0n) is 9.33. The highest BCUT2D eigenvalue weighted by atomic mass is 19.4. The lowest BCUT2D eigenvalue weighted by atomic mass is 10.1. The van der Waals surface area contributed by atoms with Crippen LogP contribution >= 0.6 is 0 Å². The van der Waals surface area contributed by atoms with E-state index in [1.807, 2.05) is 6.07 Å². The van der Waals surface area contributed by atoms with E-state index in [4.69, 9.17) is 10.5 Å². The van der Waals surface area contributed by atoms with Gasteiger partial charge in [-0.3, -0.25) is 0 Å². The van der Waals surface area contributed by atoms with E-state index < -0.39 is 18.6 Å². The summed E-state index contributed by atoms with van der Waals surface area (Å²) in [5.41, 5.74) is 1.15. The van der Waals surface area contributed by atoms with Gasteiger partial charge in [0.1, 0.15) is 0 Å². The van der Waals surface area contributed by atoms with Crippen LogP contribution in [0.4, 0.5) is 13.2 Å². The maximum Gasteiger partial charge on any atom is 0.405 e. The van der Waals surface area contributed by atoms with Gasteiger partial charge in [0, 0.05) is 13.1 Å². The summed E-state index contributed by atoms with van der Waals surface area (Å²) >= 11 is 0. The van der Waals surface area contributed by atoms with Crippen LogP contribution in [0.3, 0.4) is 0 Å². The fourth-order valence-electron chi connectivity index (χ4n) is 1.35. The summed E-state index contributed by atoms with van der Waals surface area (Å²) in [6, 6.07) is 9.70. The Morgan fingerprint density at radius 1 is 1.28 bits per heavy atom. The van der Waals surface area contributed by atoms with E-state index in [0.717, 1.165) is 0 Å². The second-order valence-electron chi connectivity index (χ2n) is 3.67. The number of hydrogen-bond acceptors (Lipinski definition) is 3. The molecular weight excluding hydrogens is 243 g/mol. The smallest absolute Gasteiger partial charge is 0.311 e. The molecule has 0 saturated carbocycles. The van der Waals surface area contributed by atoms with E-state index in [1.54, 1.807) is 24.3 Å². The van der Waals surface area contributed by atoms with Gasteiger partial charge in [-0.25, -0.2) is 0 Å². The number of nitrogens with zero attached hydrogens (tertiary/aromatic N) is 2. The van der Waals surface area contributed by atoms with Crippen molar-refractivity contribution in [2.45, 2.75) is 12.7 Å². The number of benzene rings is 1. The van der Waals surface area contributed by atoms with E-state index >= 15 is 0 Å². The summed E-state index contributed by atoms with van der Waals surface area (Å²) in [4.78, 5) is 0. The molecule has 0 aromatic heterocycles. The zero-order valence-corrected chi connectivity index (χ0v) is 9.33. The minimum absolute atomic E-state index is 0.184. The monoisotopic (exact) mass is 253 g/mol. The molecule has 0 aliphatic rings. The normalized spacial score (nSPS) is 12.5. The average Bonchev–Trinajstić information content (AvgIpc) is 2.33. The summed E-state index contributed by atoms with van der Waals surface area (Å²) in [5.74, 6) is -2.02. The number of halogens is 3. The van der Waals surface area contributed by atoms with Crippen molar-refractivity contribution in [1.29, 1.82) is 10.5 Å². The summed E-state index contributed by atoms with van der Waals surface area (Å²) in [6.45, 7) is -0.277. The molecule has 0 spiro atoms. The molecule has 1 rings (SSSR count). The molecule has 0 heterocycles. The summed E-state index contributed by atoms with van der Waals surface area (Å²) in [6.07, 6.45) is -4.52. The van der Waals surface area contributed by atoms with E-state index in [9.17, 15) is 13.2 Å². The number of rotatable bonds is 4. The molecule has 0 bridgehead atoms. The standard InChI is InChI=1S/C12H10F3N3/c13-12(14,15)11(6-17)8-18-7-10-3-1-2-9(4-10)5-16/h1-4,11,18H,7-8H2. The van der Waals surface area contributed by atoms with Crippen molar-refractivity contribution in [3.05, 3.63) is 35.4 Å². The molecule has 1 aromatic rings. The molecule has 0 aliphatic carbocycles. The lowest BCUT2D eigenvalue weighted by Gasteiger charge is -2.13. The number of nitriles is 2. The molecular formula is C12H10F3N3. The largest absolute Gasteiger partial charge is 0.405 e. The Morgan fingerprint density at radius 3 is 2.56 bits per heavy atom. The van der Waals surface area contributed by atoms with Gasteiger partial charge in [-0.1, -0.05) is 12.1 Å². The van der Waals surface area contributed by atoms with E-state index in [1.165, 1.54) is 6.07 Å². The fraction of sp³-hybridized carbons (Fsp3) is 0.333. The van der Waals surface area contributed by atoms with Gasteiger partial charge in [-0.15, -0.1) is 0 Å². The molecule has 1 atom stereocenters. The van der Waals surface area contributed by atoms with Gasteiger partial charge in [0.2, 0.25) is 0 Å². The van der Waals surface area contributed by atoms with Crippen LogP contribution in [0.25, 0.3) is 0 Å². The van der Waals surface area contributed by atoms with Gasteiger partial charge in [0.05, 0.1) is 17.7 Å². The van der Waals surface area contributed by atoms with Crippen molar-refractivity contribution in [2.24, 2.45) is 5.92 Å². The number of hydrogen-bond donors (Lipinski definition) is 1. The first kappa shape index (κ1) is 14.0. The second kappa shape index (κ2) is 6.04. The van der Waals surface area contributed by atoms with Crippen LogP contribution in [0.15, 0.2) is 24.3 Å². The Bertz CT molecular complexity index is 483. The Labute approximate surface area is 102 Å². The average molecular weight is 253 g/mol. The SMILES string of the molecule is N#Cc1cccc(CNCC(C#N)C(F)(F)F)c1. The van der Waals surface area contributed by atoms with Crippen LogP contribution in [0.5, 0.6) is 0 Å². The number of alkyl halides is 3. The van der Waals surface area contributed by atoms with Crippen molar-refractivity contribution >= 4 is 0 Å².